The summed E-state index contributed by atoms with van der Waals surface area (Å²) in [5, 5.41) is 14.3. The lowest BCUT2D eigenvalue weighted by atomic mass is 9.92. The van der Waals surface area contributed by atoms with Gasteiger partial charge in [-0.25, -0.2) is 9.78 Å². The van der Waals surface area contributed by atoms with Gasteiger partial charge in [0, 0.05) is 70.0 Å². The van der Waals surface area contributed by atoms with E-state index in [0.29, 0.717) is 17.4 Å². The van der Waals surface area contributed by atoms with Gasteiger partial charge in [0.2, 0.25) is 0 Å². The molecule has 1 aliphatic heterocycles. The molecule has 0 radical (unpaired) electrons. The van der Waals surface area contributed by atoms with Gasteiger partial charge in [-0.1, -0.05) is 72.1 Å². The van der Waals surface area contributed by atoms with Gasteiger partial charge in [0.1, 0.15) is 5.75 Å². The Morgan fingerprint density at radius 2 is 1.66 bits per heavy atom. The number of piperazine rings is 1. The van der Waals surface area contributed by atoms with Crippen LogP contribution >= 0.6 is 11.8 Å². The third kappa shape index (κ3) is 9.84. The summed E-state index contributed by atoms with van der Waals surface area (Å²) >= 11 is 1.64. The van der Waals surface area contributed by atoms with Crippen LogP contribution in [0.15, 0.2) is 40.1 Å². The Labute approximate surface area is 267 Å². The maximum Gasteiger partial charge on any atom is 0.321 e. The first-order valence-corrected chi connectivity index (χ1v) is 17.5. The zero-order chi connectivity index (χ0) is 31.5. The molecule has 3 heterocycles. The number of unbranched alkanes of at least 4 members (excludes halogenated alkanes) is 4. The first-order valence-electron chi connectivity index (χ1n) is 16.5. The Morgan fingerprint density at radius 1 is 1.00 bits per heavy atom. The van der Waals surface area contributed by atoms with E-state index in [2.05, 4.69) is 59.7 Å². The van der Waals surface area contributed by atoms with Crippen LogP contribution < -0.4 is 5.32 Å². The second kappa shape index (κ2) is 17.0. The molecule has 0 saturated carbocycles. The Hall–Kier alpha value is -2.82. The van der Waals surface area contributed by atoms with Crippen LogP contribution in [-0.4, -0.2) is 93.9 Å². The highest BCUT2D eigenvalue weighted by atomic mass is 32.2. The summed E-state index contributed by atoms with van der Waals surface area (Å²) in [6.45, 7) is 18.0. The molecule has 4 rings (SSSR count). The number of thioether (sulfide) groups is 1. The molecule has 0 atom stereocenters. The quantitative estimate of drug-likeness (QED) is 0.0967. The lowest BCUT2D eigenvalue weighted by Crippen LogP contribution is -2.49. The van der Waals surface area contributed by atoms with Crippen LogP contribution in [-0.2, 0) is 0 Å². The number of hydrogen-bond donors (Lipinski definition) is 2. The van der Waals surface area contributed by atoms with E-state index in [1.165, 1.54) is 19.3 Å². The van der Waals surface area contributed by atoms with Gasteiger partial charge in [-0.3, -0.25) is 9.80 Å². The van der Waals surface area contributed by atoms with E-state index in [1.54, 1.807) is 30.1 Å². The zero-order valence-corrected chi connectivity index (χ0v) is 28.2. The Bertz CT molecular complexity index is 1260. The van der Waals surface area contributed by atoms with E-state index in [4.69, 9.17) is 4.42 Å². The maximum atomic E-state index is 13.8. The molecule has 10 heteroatoms. The van der Waals surface area contributed by atoms with Crippen molar-refractivity contribution in [3.8, 4) is 5.75 Å². The number of pyridine rings is 1. The highest BCUT2D eigenvalue weighted by molar-refractivity contribution is 7.99. The second-order valence-electron chi connectivity index (χ2n) is 12.5. The highest BCUT2D eigenvalue weighted by Gasteiger charge is 2.23. The van der Waals surface area contributed by atoms with E-state index in [9.17, 15) is 9.90 Å². The standard InChI is InChI=1S/C34H52N6O3S/c1-6-7-8-9-10-14-40(33(42)36-31-28(25(2)3)23-27(41)24-29(31)26(4)5)20-19-38-15-17-39(18-16-38)21-22-44-34-37-32-30(43-34)12-11-13-35-32/h11-13,23-26,41H,6-10,14-22H2,1-5H3,(H,36,42). The van der Waals surface area contributed by atoms with Crippen molar-refractivity contribution in [2.24, 2.45) is 0 Å². The van der Waals surface area contributed by atoms with Gasteiger partial charge in [0.25, 0.3) is 5.22 Å². The van der Waals surface area contributed by atoms with Crippen molar-refractivity contribution in [2.75, 3.05) is 63.4 Å². The predicted molar refractivity (Wildman–Crippen MR) is 181 cm³/mol. The lowest BCUT2D eigenvalue weighted by Gasteiger charge is -2.36. The van der Waals surface area contributed by atoms with Crippen molar-refractivity contribution in [1.29, 1.82) is 0 Å². The summed E-state index contributed by atoms with van der Waals surface area (Å²) in [5.41, 5.74) is 4.21. The third-order valence-corrected chi connectivity index (χ3v) is 9.22. The van der Waals surface area contributed by atoms with Crippen LogP contribution in [0, 0.1) is 0 Å². The number of hydrogen-bond acceptors (Lipinski definition) is 8. The van der Waals surface area contributed by atoms with Crippen LogP contribution in [0.1, 0.15) is 89.7 Å². The Kier molecular flexibility index (Phi) is 13.2. The monoisotopic (exact) mass is 624 g/mol. The van der Waals surface area contributed by atoms with E-state index < -0.39 is 0 Å². The summed E-state index contributed by atoms with van der Waals surface area (Å²) < 4.78 is 5.79. The second-order valence-corrected chi connectivity index (χ2v) is 13.5. The zero-order valence-electron chi connectivity index (χ0n) is 27.3. The molecule has 242 valence electrons. The minimum absolute atomic E-state index is 0.0416. The van der Waals surface area contributed by atoms with Crippen molar-refractivity contribution in [3.63, 3.8) is 0 Å². The highest BCUT2D eigenvalue weighted by Crippen LogP contribution is 2.36. The summed E-state index contributed by atoms with van der Waals surface area (Å²) in [6.07, 6.45) is 7.55. The number of carbonyl (C=O) groups excluding carboxylic acids is 1. The smallest absolute Gasteiger partial charge is 0.321 e. The van der Waals surface area contributed by atoms with Gasteiger partial charge in [-0.15, -0.1) is 0 Å². The largest absolute Gasteiger partial charge is 0.508 e. The van der Waals surface area contributed by atoms with E-state index in [0.717, 1.165) is 86.8 Å². The van der Waals surface area contributed by atoms with Crippen LogP contribution in [0.25, 0.3) is 11.2 Å². The number of phenols is 1. The number of rotatable bonds is 16. The molecule has 3 aromatic rings. The van der Waals surface area contributed by atoms with E-state index in [1.807, 2.05) is 17.0 Å². The van der Waals surface area contributed by atoms with E-state index in [-0.39, 0.29) is 23.6 Å². The number of carbonyl (C=O) groups is 1. The molecule has 1 saturated heterocycles. The van der Waals surface area contributed by atoms with Gasteiger partial charge in [-0.2, -0.15) is 4.98 Å². The lowest BCUT2D eigenvalue weighted by molar-refractivity contribution is 0.127. The molecule has 0 spiro atoms. The fourth-order valence-corrected chi connectivity index (χ4v) is 6.53. The number of urea groups is 1. The molecule has 0 aliphatic carbocycles. The molecule has 2 aromatic heterocycles. The van der Waals surface area contributed by atoms with Crippen molar-refractivity contribution in [3.05, 3.63) is 41.6 Å². The van der Waals surface area contributed by atoms with Crippen LogP contribution in [0.4, 0.5) is 10.5 Å². The molecule has 2 amide bonds. The number of benzene rings is 1. The van der Waals surface area contributed by atoms with Crippen molar-refractivity contribution < 1.29 is 14.3 Å². The molecule has 1 aliphatic rings. The molecular formula is C34H52N6O3S. The molecule has 9 nitrogen and oxygen atoms in total. The number of phenolic OH excluding ortho intramolecular Hbond substituents is 1. The summed E-state index contributed by atoms with van der Waals surface area (Å²) in [7, 11) is 0. The minimum Gasteiger partial charge on any atom is -0.508 e. The van der Waals surface area contributed by atoms with Gasteiger partial charge in [-0.05, 0) is 53.6 Å². The number of aromatic hydroxyl groups is 1. The number of fused-ring (bicyclic) bond motifs is 1. The predicted octanol–water partition coefficient (Wildman–Crippen LogP) is 7.39. The number of aromatic nitrogens is 2. The topological polar surface area (TPSA) is 98.0 Å². The average molecular weight is 625 g/mol. The number of nitrogens with one attached hydrogen (secondary N) is 1. The summed E-state index contributed by atoms with van der Waals surface area (Å²) in [5.74, 6) is 1.54. The van der Waals surface area contributed by atoms with Crippen LogP contribution in [0.2, 0.25) is 0 Å². The first kappa shape index (κ1) is 34.1. The molecule has 1 fully saturated rings. The van der Waals surface area contributed by atoms with Gasteiger partial charge in [0.05, 0.1) is 0 Å². The fraction of sp³-hybridized carbons (Fsp3) is 0.618. The number of nitrogens with zero attached hydrogens (tertiary/aromatic N) is 5. The molecule has 2 N–H and O–H groups in total. The fourth-order valence-electron chi connectivity index (χ4n) is 5.71. The van der Waals surface area contributed by atoms with E-state index >= 15 is 0 Å². The van der Waals surface area contributed by atoms with Gasteiger partial charge < -0.3 is 19.7 Å². The summed E-state index contributed by atoms with van der Waals surface area (Å²) in [6, 6.07) is 7.31. The van der Waals surface area contributed by atoms with Gasteiger partial charge in [0.15, 0.2) is 11.2 Å². The SMILES string of the molecule is CCCCCCCN(CCN1CCN(CCSc2nc3ncccc3o2)CC1)C(=O)Nc1c(C(C)C)cc(O)cc1C(C)C. The molecule has 0 bridgehead atoms. The molecule has 44 heavy (non-hydrogen) atoms. The van der Waals surface area contributed by atoms with Gasteiger partial charge >= 0.3 is 6.03 Å². The number of amides is 2. The Balaban J connectivity index is 1.29. The summed E-state index contributed by atoms with van der Waals surface area (Å²) in [4.78, 5) is 29.5. The maximum absolute atomic E-state index is 13.8. The average Bonchev–Trinajstić information content (AvgIpc) is 3.42. The number of anilines is 1. The molecule has 1 aromatic carbocycles. The normalized spacial score (nSPS) is 14.6. The van der Waals surface area contributed by atoms with Crippen LogP contribution in [0.3, 0.4) is 0 Å². The molecule has 0 unspecified atom stereocenters. The van der Waals surface area contributed by atoms with Crippen LogP contribution in [0.5, 0.6) is 5.75 Å². The van der Waals surface area contributed by atoms with Crippen molar-refractivity contribution in [1.82, 2.24) is 24.7 Å². The molecular weight excluding hydrogens is 572 g/mol. The number of oxazole rings is 1. The van der Waals surface area contributed by atoms with Crippen molar-refractivity contribution >= 4 is 34.7 Å². The minimum atomic E-state index is -0.0416. The third-order valence-electron chi connectivity index (χ3n) is 8.41. The van der Waals surface area contributed by atoms with Crippen molar-refractivity contribution in [2.45, 2.75) is 83.8 Å². The Morgan fingerprint density at radius 3 is 2.30 bits per heavy atom. The first-order chi connectivity index (χ1) is 21.2.